The summed E-state index contributed by atoms with van der Waals surface area (Å²) in [6, 6.07) is 12.6. The highest BCUT2D eigenvalue weighted by Gasteiger charge is 2.23. The van der Waals surface area contributed by atoms with Gasteiger partial charge in [-0.3, -0.25) is 4.72 Å². The van der Waals surface area contributed by atoms with Crippen LogP contribution < -0.4 is 14.4 Å². The summed E-state index contributed by atoms with van der Waals surface area (Å²) in [6.45, 7) is 4.03. The lowest BCUT2D eigenvalue weighted by molar-refractivity contribution is 0.252. The third-order valence-corrected chi connectivity index (χ3v) is 6.78. The lowest BCUT2D eigenvalue weighted by atomic mass is 10.0. The molecule has 0 amide bonds. The van der Waals surface area contributed by atoms with Crippen LogP contribution in [0.4, 0.5) is 11.4 Å². The number of hydrogen-bond donors (Lipinski definition) is 1. The molecule has 152 valence electrons. The number of nitrogens with zero attached hydrogens (tertiary/aromatic N) is 2. The van der Waals surface area contributed by atoms with Crippen molar-refractivity contribution >= 4 is 21.4 Å². The van der Waals surface area contributed by atoms with E-state index in [1.54, 1.807) is 37.4 Å². The summed E-state index contributed by atoms with van der Waals surface area (Å²) in [4.78, 5) is 4.78. The maximum absolute atomic E-state index is 12.7. The maximum Gasteiger partial charge on any atom is 0.261 e. The number of benzene rings is 2. The molecule has 1 heterocycles. The van der Waals surface area contributed by atoms with Crippen molar-refractivity contribution in [2.45, 2.75) is 30.7 Å². The van der Waals surface area contributed by atoms with E-state index in [1.165, 1.54) is 0 Å². The molecule has 28 heavy (non-hydrogen) atoms. The molecular formula is C21H29N3O3S. The first-order valence-corrected chi connectivity index (χ1v) is 11.0. The Morgan fingerprint density at radius 2 is 1.75 bits per heavy atom. The van der Waals surface area contributed by atoms with Crippen LogP contribution in [0, 0.1) is 6.92 Å². The van der Waals surface area contributed by atoms with E-state index in [9.17, 15) is 8.42 Å². The van der Waals surface area contributed by atoms with Crippen LogP contribution in [-0.2, 0) is 10.0 Å². The Morgan fingerprint density at radius 3 is 2.36 bits per heavy atom. The van der Waals surface area contributed by atoms with Crippen LogP contribution in [0.15, 0.2) is 47.4 Å². The summed E-state index contributed by atoms with van der Waals surface area (Å²) in [7, 11) is 2.18. The highest BCUT2D eigenvalue weighted by molar-refractivity contribution is 7.92. The maximum atomic E-state index is 12.7. The molecular weight excluding hydrogens is 374 g/mol. The number of rotatable bonds is 6. The van der Waals surface area contributed by atoms with Crippen LogP contribution >= 0.6 is 0 Å². The van der Waals surface area contributed by atoms with E-state index in [2.05, 4.69) is 21.6 Å². The van der Waals surface area contributed by atoms with Crippen molar-refractivity contribution in [2.75, 3.05) is 43.9 Å². The second-order valence-electron chi connectivity index (χ2n) is 7.45. The Morgan fingerprint density at radius 1 is 1.11 bits per heavy atom. The summed E-state index contributed by atoms with van der Waals surface area (Å²) in [5.41, 5.74) is 2.43. The largest absolute Gasteiger partial charge is 0.495 e. The summed E-state index contributed by atoms with van der Waals surface area (Å²) < 4.78 is 33.7. The Kier molecular flexibility index (Phi) is 6.15. The van der Waals surface area contributed by atoms with Gasteiger partial charge in [0.2, 0.25) is 0 Å². The van der Waals surface area contributed by atoms with Gasteiger partial charge in [0.25, 0.3) is 10.0 Å². The quantitative estimate of drug-likeness (QED) is 0.802. The van der Waals surface area contributed by atoms with Gasteiger partial charge in [0.1, 0.15) is 5.75 Å². The van der Waals surface area contributed by atoms with E-state index in [-0.39, 0.29) is 4.90 Å². The van der Waals surface area contributed by atoms with Crippen LogP contribution in [0.1, 0.15) is 18.4 Å². The predicted molar refractivity (Wildman–Crippen MR) is 114 cm³/mol. The molecule has 6 nitrogen and oxygen atoms in total. The first-order chi connectivity index (χ1) is 13.3. The number of nitrogens with one attached hydrogen (secondary N) is 1. The third kappa shape index (κ3) is 4.59. The van der Waals surface area contributed by atoms with Crippen molar-refractivity contribution in [3.05, 3.63) is 48.0 Å². The van der Waals surface area contributed by atoms with Gasteiger partial charge in [0.15, 0.2) is 0 Å². The lowest BCUT2D eigenvalue weighted by Crippen LogP contribution is -2.42. The molecule has 0 atom stereocenters. The van der Waals surface area contributed by atoms with Gasteiger partial charge < -0.3 is 14.5 Å². The minimum atomic E-state index is -3.64. The molecule has 2 aromatic rings. The first kappa shape index (κ1) is 20.5. The van der Waals surface area contributed by atoms with Crippen molar-refractivity contribution in [3.63, 3.8) is 0 Å². The average molecular weight is 404 g/mol. The van der Waals surface area contributed by atoms with Gasteiger partial charge in [-0.1, -0.05) is 17.7 Å². The fourth-order valence-electron chi connectivity index (χ4n) is 3.54. The minimum Gasteiger partial charge on any atom is -0.495 e. The first-order valence-electron chi connectivity index (χ1n) is 9.49. The standard InChI is InChI=1S/C21H29N3O3S/c1-16-5-8-19(9-6-16)28(25,26)22-17-7-10-21(27-4)20(15-17)24(3)18-11-13-23(2)14-12-18/h5-10,15,18,22H,11-14H2,1-4H3. The van der Waals surface area contributed by atoms with Gasteiger partial charge >= 0.3 is 0 Å². The lowest BCUT2D eigenvalue weighted by Gasteiger charge is -2.37. The Balaban J connectivity index is 1.85. The van der Waals surface area contributed by atoms with Gasteiger partial charge in [0, 0.05) is 13.1 Å². The normalized spacial score (nSPS) is 16.0. The highest BCUT2D eigenvalue weighted by Crippen LogP contribution is 2.34. The van der Waals surface area contributed by atoms with E-state index in [4.69, 9.17) is 4.74 Å². The van der Waals surface area contributed by atoms with Crippen molar-refractivity contribution in [3.8, 4) is 5.75 Å². The van der Waals surface area contributed by atoms with Gasteiger partial charge in [-0.2, -0.15) is 0 Å². The smallest absolute Gasteiger partial charge is 0.261 e. The van der Waals surface area contributed by atoms with Crippen molar-refractivity contribution < 1.29 is 13.2 Å². The number of anilines is 2. The molecule has 1 fully saturated rings. The average Bonchev–Trinajstić information content (AvgIpc) is 2.68. The SMILES string of the molecule is COc1ccc(NS(=O)(=O)c2ccc(C)cc2)cc1N(C)C1CCN(C)CC1. The van der Waals surface area contributed by atoms with Crippen molar-refractivity contribution in [2.24, 2.45) is 0 Å². The van der Waals surface area contributed by atoms with E-state index < -0.39 is 10.0 Å². The molecule has 1 N–H and O–H groups in total. The van der Waals surface area contributed by atoms with Crippen LogP contribution in [0.3, 0.4) is 0 Å². The van der Waals surface area contributed by atoms with E-state index in [1.807, 2.05) is 26.1 Å². The third-order valence-electron chi connectivity index (χ3n) is 5.38. The number of piperidine rings is 1. The number of sulfonamides is 1. The molecule has 0 unspecified atom stereocenters. The summed E-state index contributed by atoms with van der Waals surface area (Å²) in [5, 5.41) is 0. The molecule has 0 aromatic heterocycles. The molecule has 0 radical (unpaired) electrons. The molecule has 1 aliphatic rings. The number of hydrogen-bond acceptors (Lipinski definition) is 5. The zero-order valence-corrected chi connectivity index (χ0v) is 17.8. The van der Waals surface area contributed by atoms with Crippen LogP contribution in [0.25, 0.3) is 0 Å². The summed E-state index contributed by atoms with van der Waals surface area (Å²) in [6.07, 6.45) is 2.13. The summed E-state index contributed by atoms with van der Waals surface area (Å²) >= 11 is 0. The van der Waals surface area contributed by atoms with Crippen LogP contribution in [-0.4, -0.2) is 53.7 Å². The van der Waals surface area contributed by atoms with E-state index >= 15 is 0 Å². The zero-order chi connectivity index (χ0) is 20.3. The minimum absolute atomic E-state index is 0.249. The van der Waals surface area contributed by atoms with Crippen LogP contribution in [0.5, 0.6) is 5.75 Å². The molecule has 0 bridgehead atoms. The number of ether oxygens (including phenoxy) is 1. The monoisotopic (exact) mass is 403 g/mol. The Bertz CT molecular complexity index is 905. The molecule has 1 saturated heterocycles. The second kappa shape index (κ2) is 8.41. The van der Waals surface area contributed by atoms with E-state index in [0.717, 1.165) is 42.9 Å². The molecule has 1 aliphatic heterocycles. The zero-order valence-electron chi connectivity index (χ0n) is 17.0. The molecule has 0 aliphatic carbocycles. The van der Waals surface area contributed by atoms with Gasteiger partial charge in [-0.05, 0) is 70.2 Å². The van der Waals surface area contributed by atoms with Gasteiger partial charge in [-0.25, -0.2) is 8.42 Å². The molecule has 0 saturated carbocycles. The van der Waals surface area contributed by atoms with Crippen molar-refractivity contribution in [1.82, 2.24) is 4.90 Å². The predicted octanol–water partition coefficient (Wildman–Crippen LogP) is 3.33. The molecule has 2 aromatic carbocycles. The molecule has 3 rings (SSSR count). The number of likely N-dealkylation sites (tertiary alicyclic amines) is 1. The number of methoxy groups -OCH3 is 1. The van der Waals surface area contributed by atoms with Gasteiger partial charge in [-0.15, -0.1) is 0 Å². The fraction of sp³-hybridized carbons (Fsp3) is 0.429. The Labute approximate surface area is 168 Å². The van der Waals surface area contributed by atoms with Crippen molar-refractivity contribution in [1.29, 1.82) is 0 Å². The fourth-order valence-corrected chi connectivity index (χ4v) is 4.59. The topological polar surface area (TPSA) is 61.9 Å². The molecule has 7 heteroatoms. The molecule has 0 spiro atoms. The van der Waals surface area contributed by atoms with Crippen LogP contribution in [0.2, 0.25) is 0 Å². The Hall–Kier alpha value is -2.25. The summed E-state index contributed by atoms with van der Waals surface area (Å²) in [5.74, 6) is 0.736. The van der Waals surface area contributed by atoms with Gasteiger partial charge in [0.05, 0.1) is 23.4 Å². The highest BCUT2D eigenvalue weighted by atomic mass is 32.2. The van der Waals surface area contributed by atoms with E-state index in [0.29, 0.717) is 11.7 Å². The number of aryl methyl sites for hydroxylation is 1. The second-order valence-corrected chi connectivity index (χ2v) is 9.13.